The molecular formula is H10LaMnOPbSnSrTiZr. The monoisotopic (exact) mass is 774 g/mol. The summed E-state index contributed by atoms with van der Waals surface area (Å²) in [6, 6.07) is 0. The van der Waals surface area contributed by atoms with Gasteiger partial charge >= 0.3 is 96.7 Å². The molecule has 0 rings (SSSR count). The van der Waals surface area contributed by atoms with E-state index in [0.29, 0.717) is 0 Å². The first-order valence-corrected chi connectivity index (χ1v) is 0. The van der Waals surface area contributed by atoms with E-state index in [0.717, 1.165) is 0 Å². The Balaban J connectivity index is 0. The average Bonchev–Trinajstić information content (AvgIpc) is 0. The SMILES string of the molecule is O.[H-].[H-].[La].[Mn].[PbH2].[SnH4].[Sr+2].[Ti].[Zr]. The zero-order valence-electron chi connectivity index (χ0n) is 5.87. The molecule has 0 fully saturated rings. The van der Waals surface area contributed by atoms with Crippen LogP contribution < -0.4 is 0 Å². The molecule has 0 saturated carbocycles. The molecule has 1 nitrogen and oxygen atoms in total. The summed E-state index contributed by atoms with van der Waals surface area (Å²) in [5.41, 5.74) is 0. The fourth-order valence-corrected chi connectivity index (χ4v) is 0. The Hall–Kier alpha value is 6.47. The third-order valence-corrected chi connectivity index (χ3v) is 0. The van der Waals surface area contributed by atoms with Gasteiger partial charge in [-0.2, -0.15) is 0 Å². The van der Waals surface area contributed by atoms with E-state index < -0.39 is 0 Å². The maximum atomic E-state index is 0. The van der Waals surface area contributed by atoms with E-state index in [9.17, 15) is 0 Å². The first-order chi connectivity index (χ1) is 0. The molecule has 44 valence electrons. The predicted octanol–water partition coefficient (Wildman–Crippen LogP) is -3.36. The summed E-state index contributed by atoms with van der Waals surface area (Å²) in [6.07, 6.45) is 0. The van der Waals surface area contributed by atoms with Crippen molar-refractivity contribution in [1.82, 2.24) is 0 Å². The zero-order valence-corrected chi connectivity index (χ0v) is 21.7. The molecule has 2 N–H and O–H groups in total. The predicted molar refractivity (Wildman–Crippen MR) is 31.5 cm³/mol. The summed E-state index contributed by atoms with van der Waals surface area (Å²) < 4.78 is 0. The van der Waals surface area contributed by atoms with Crippen molar-refractivity contribution in [2.45, 2.75) is 0 Å². The molecule has 0 aromatic heterocycles. The van der Waals surface area contributed by atoms with Crippen molar-refractivity contribution in [3.63, 3.8) is 0 Å². The third kappa shape index (κ3) is 39.2. The molecule has 0 heterocycles. The van der Waals surface area contributed by atoms with Gasteiger partial charge in [0.15, 0.2) is 0 Å². The summed E-state index contributed by atoms with van der Waals surface area (Å²) in [7, 11) is 0. The summed E-state index contributed by atoms with van der Waals surface area (Å²) in [5.74, 6) is 0. The topological polar surface area (TPSA) is 31.5 Å². The molecule has 0 unspecified atom stereocenters. The zero-order chi connectivity index (χ0) is 0. The van der Waals surface area contributed by atoms with Crippen molar-refractivity contribution in [2.75, 3.05) is 0 Å². The van der Waals surface area contributed by atoms with E-state index >= 15 is 0 Å². The molecule has 0 aromatic carbocycles. The van der Waals surface area contributed by atoms with Gasteiger partial charge < -0.3 is 8.33 Å². The molecule has 0 spiro atoms. The second-order valence-corrected chi connectivity index (χ2v) is 0. The first kappa shape index (κ1) is 62.7. The van der Waals surface area contributed by atoms with Gasteiger partial charge in [-0.1, -0.05) is 0 Å². The maximum Gasteiger partial charge on any atom is 2.00 e. The second-order valence-electron chi connectivity index (χ2n) is 0. The number of hydrogen-bond donors (Lipinski definition) is 0. The van der Waals surface area contributed by atoms with Crippen LogP contribution in [0.5, 0.6) is 0 Å². The minimum absolute atomic E-state index is 0. The fraction of sp³-hybridized carbons (Fsp3) is 0. The Morgan fingerprint density at radius 2 is 1.12 bits per heavy atom. The van der Waals surface area contributed by atoms with E-state index in [1.807, 2.05) is 0 Å². The Morgan fingerprint density at radius 1 is 1.12 bits per heavy atom. The van der Waals surface area contributed by atoms with Gasteiger partial charge in [0, 0.05) is 101 Å². The minimum Gasteiger partial charge on any atom is 0 e. The Morgan fingerprint density at radius 3 is 1.12 bits per heavy atom. The van der Waals surface area contributed by atoms with Gasteiger partial charge in [-0.25, -0.2) is 0 Å². The molecule has 0 aliphatic rings. The minimum atomic E-state index is 0. The molecule has 8 heavy (non-hydrogen) atoms. The summed E-state index contributed by atoms with van der Waals surface area (Å²) in [5, 5.41) is 0. The Bertz CT molecular complexity index is 31.2. The van der Waals surface area contributed by atoms with Crippen LogP contribution in [0.1, 0.15) is 2.85 Å². The largest absolute Gasteiger partial charge is 2.00 e. The van der Waals surface area contributed by atoms with Gasteiger partial charge in [0.25, 0.3) is 0 Å². The Kier molecular flexibility index (Phi) is 392. The molecular weight excluding hydrogens is 762 g/mol. The van der Waals surface area contributed by atoms with Gasteiger partial charge in [-0.3, -0.25) is 0 Å². The van der Waals surface area contributed by atoms with Crippen LogP contribution in [0.3, 0.4) is 0 Å². The molecule has 0 aliphatic heterocycles. The van der Waals surface area contributed by atoms with Crippen LogP contribution in [-0.4, -0.2) is 102 Å². The molecule has 8 heteroatoms. The van der Waals surface area contributed by atoms with E-state index in [1.54, 1.807) is 0 Å². The molecule has 0 amide bonds. The summed E-state index contributed by atoms with van der Waals surface area (Å²) >= 11 is 0. The summed E-state index contributed by atoms with van der Waals surface area (Å²) in [4.78, 5) is 0. The van der Waals surface area contributed by atoms with Crippen molar-refractivity contribution in [3.8, 4) is 0 Å². The normalized spacial score (nSPS) is 0. The van der Waals surface area contributed by atoms with Crippen LogP contribution in [0.4, 0.5) is 0 Å². The van der Waals surface area contributed by atoms with E-state index in [-0.39, 0.29) is 206 Å². The van der Waals surface area contributed by atoms with Crippen LogP contribution in [0.25, 0.3) is 0 Å². The van der Waals surface area contributed by atoms with E-state index in [2.05, 4.69) is 0 Å². The Labute approximate surface area is 200 Å². The molecule has 0 saturated heterocycles. The standard InChI is InChI=1S/La.Mn.H2O.Pb.Sn.Sr.Ti.Zr.8H/h;;1H2;;;;;;;;;;;;;/q;;;;;+2;;;;;;;;;2*-1. The average molecular weight is 773 g/mol. The first-order valence-electron chi connectivity index (χ1n) is 0. The summed E-state index contributed by atoms with van der Waals surface area (Å²) in [6.45, 7) is 0. The van der Waals surface area contributed by atoms with Crippen molar-refractivity contribution in [1.29, 1.82) is 0 Å². The molecule has 0 aliphatic carbocycles. The third-order valence-electron chi connectivity index (χ3n) is 0. The van der Waals surface area contributed by atoms with Gasteiger partial charge in [0.1, 0.15) is 0 Å². The molecule has 0 aromatic rings. The van der Waals surface area contributed by atoms with E-state index in [1.165, 1.54) is 0 Å². The van der Waals surface area contributed by atoms with Crippen LogP contribution in [0.2, 0.25) is 0 Å². The van der Waals surface area contributed by atoms with E-state index in [4.69, 9.17) is 0 Å². The number of hydrogen-bond acceptors (Lipinski definition) is 0. The number of rotatable bonds is 0. The molecule has 0 atom stereocenters. The van der Waals surface area contributed by atoms with Crippen LogP contribution in [0, 0.1) is 35.6 Å². The van der Waals surface area contributed by atoms with Gasteiger partial charge in [0.05, 0.1) is 0 Å². The molecule has 4 radical (unpaired) electrons. The van der Waals surface area contributed by atoms with Crippen molar-refractivity contribution in [2.24, 2.45) is 0 Å². The van der Waals surface area contributed by atoms with Crippen LogP contribution >= 0.6 is 0 Å². The smallest absolute Gasteiger partial charge is 0 e. The quantitative estimate of drug-likeness (QED) is 0.231. The maximum absolute atomic E-state index is 0. The van der Waals surface area contributed by atoms with Crippen molar-refractivity contribution in [3.05, 3.63) is 0 Å². The van der Waals surface area contributed by atoms with Gasteiger partial charge in [-0.05, 0) is 0 Å². The fourth-order valence-electron chi connectivity index (χ4n) is 0. The van der Waals surface area contributed by atoms with Gasteiger partial charge in [0.2, 0.25) is 0 Å². The molecule has 0 bridgehead atoms. The van der Waals surface area contributed by atoms with Crippen molar-refractivity contribution >= 4 is 96.7 Å². The van der Waals surface area contributed by atoms with Crippen LogP contribution in [0.15, 0.2) is 0 Å². The second kappa shape index (κ2) is 50.0. The van der Waals surface area contributed by atoms with Crippen LogP contribution in [-0.2, 0) is 65.0 Å². The van der Waals surface area contributed by atoms with Crippen molar-refractivity contribution < 1.29 is 109 Å². The van der Waals surface area contributed by atoms with Gasteiger partial charge in [-0.15, -0.1) is 0 Å².